The van der Waals surface area contributed by atoms with Crippen molar-refractivity contribution in [3.8, 4) is 28.3 Å². The molecule has 0 aliphatic carbocycles. The van der Waals surface area contributed by atoms with Crippen molar-refractivity contribution < 1.29 is 0 Å². The molecule has 0 radical (unpaired) electrons. The summed E-state index contributed by atoms with van der Waals surface area (Å²) in [5.74, 6) is 0.968. The van der Waals surface area contributed by atoms with Crippen LogP contribution in [0.1, 0.15) is 30.1 Å². The summed E-state index contributed by atoms with van der Waals surface area (Å²) >= 11 is 0. The molecule has 1 N–H and O–H groups in total. The van der Waals surface area contributed by atoms with E-state index >= 15 is 0 Å². The monoisotopic (exact) mass is 544 g/mol. The van der Waals surface area contributed by atoms with Gasteiger partial charge in [0.25, 0.3) is 0 Å². The topological polar surface area (TPSA) is 103 Å². The van der Waals surface area contributed by atoms with Crippen LogP contribution in [0, 0.1) is 11.3 Å². The van der Waals surface area contributed by atoms with E-state index in [1.165, 1.54) is 0 Å². The summed E-state index contributed by atoms with van der Waals surface area (Å²) in [7, 11) is 0. The Balaban J connectivity index is 1.13. The molecule has 41 heavy (non-hydrogen) atoms. The lowest BCUT2D eigenvalue weighted by Crippen LogP contribution is -2.46. The van der Waals surface area contributed by atoms with Crippen LogP contribution in [0.4, 0.5) is 5.82 Å². The van der Waals surface area contributed by atoms with Gasteiger partial charge in [-0.05, 0) is 56.3 Å². The van der Waals surface area contributed by atoms with Crippen molar-refractivity contribution in [2.45, 2.75) is 25.4 Å². The number of aromatic nitrogens is 6. The number of piperidine rings is 1. The predicted octanol–water partition coefficient (Wildman–Crippen LogP) is 3.77. The van der Waals surface area contributed by atoms with E-state index in [0.29, 0.717) is 11.6 Å². The van der Waals surface area contributed by atoms with Crippen molar-refractivity contribution in [2.75, 3.05) is 44.2 Å². The summed E-state index contributed by atoms with van der Waals surface area (Å²) in [6.45, 7) is 6.68. The summed E-state index contributed by atoms with van der Waals surface area (Å²) in [4.78, 5) is 14.1. The fraction of sp³-hybridized carbons (Fsp3) is 0.323. The SMILES string of the molecule is N#Cc1cnn2cc(-c3cnn(C4CCNCC4)c3)cc(-c3ccc(N4CCN(Cc5ccccn5)CC4)nc3)c12. The molecule has 10 nitrogen and oxygen atoms in total. The quantitative estimate of drug-likeness (QED) is 0.345. The number of fused-ring (bicyclic) bond motifs is 1. The van der Waals surface area contributed by atoms with Crippen molar-refractivity contribution in [1.82, 2.24) is 39.6 Å². The molecule has 0 saturated carbocycles. The molecular weight excluding hydrogens is 512 g/mol. The number of nitriles is 1. The van der Waals surface area contributed by atoms with Gasteiger partial charge in [-0.25, -0.2) is 9.50 Å². The largest absolute Gasteiger partial charge is 0.354 e. The molecule has 7 heterocycles. The Morgan fingerprint density at radius 2 is 1.76 bits per heavy atom. The Labute approximate surface area is 238 Å². The van der Waals surface area contributed by atoms with Crippen molar-refractivity contribution in [2.24, 2.45) is 0 Å². The van der Waals surface area contributed by atoms with Crippen molar-refractivity contribution in [1.29, 1.82) is 5.26 Å². The van der Waals surface area contributed by atoms with E-state index in [0.717, 1.165) is 97.9 Å². The molecule has 0 atom stereocenters. The van der Waals surface area contributed by atoms with E-state index in [1.807, 2.05) is 36.9 Å². The average molecular weight is 545 g/mol. The first kappa shape index (κ1) is 25.4. The van der Waals surface area contributed by atoms with E-state index < -0.39 is 0 Å². The molecule has 0 unspecified atom stereocenters. The summed E-state index contributed by atoms with van der Waals surface area (Å²) in [6, 6.07) is 15.1. The van der Waals surface area contributed by atoms with Crippen LogP contribution < -0.4 is 10.2 Å². The number of hydrogen-bond donors (Lipinski definition) is 1. The lowest BCUT2D eigenvalue weighted by atomic mass is 10.0. The number of hydrogen-bond acceptors (Lipinski definition) is 8. The van der Waals surface area contributed by atoms with E-state index in [-0.39, 0.29) is 0 Å². The Hall–Kier alpha value is -4.59. The molecule has 5 aromatic heterocycles. The molecule has 2 aliphatic rings. The first-order chi connectivity index (χ1) is 20.2. The summed E-state index contributed by atoms with van der Waals surface area (Å²) in [6.07, 6.45) is 13.6. The highest BCUT2D eigenvalue weighted by Gasteiger charge is 2.20. The summed E-state index contributed by atoms with van der Waals surface area (Å²) in [5.41, 5.74) is 6.38. The smallest absolute Gasteiger partial charge is 0.128 e. The number of nitrogens with one attached hydrogen (secondary N) is 1. The van der Waals surface area contributed by atoms with Gasteiger partial charge in [0.2, 0.25) is 0 Å². The minimum Gasteiger partial charge on any atom is -0.354 e. The number of pyridine rings is 3. The maximum atomic E-state index is 9.81. The molecular formula is C31H32N10. The molecule has 10 heteroatoms. The maximum Gasteiger partial charge on any atom is 0.128 e. The molecule has 0 amide bonds. The van der Waals surface area contributed by atoms with Gasteiger partial charge < -0.3 is 10.2 Å². The minimum absolute atomic E-state index is 0.414. The highest BCUT2D eigenvalue weighted by Crippen LogP contribution is 2.33. The van der Waals surface area contributed by atoms with Gasteiger partial charge in [0, 0.05) is 79.8 Å². The van der Waals surface area contributed by atoms with Crippen LogP contribution in [0.15, 0.2) is 73.6 Å². The van der Waals surface area contributed by atoms with Crippen LogP contribution >= 0.6 is 0 Å². The third-order valence-corrected chi connectivity index (χ3v) is 8.22. The Bertz CT molecular complexity index is 1670. The van der Waals surface area contributed by atoms with Gasteiger partial charge in [-0.2, -0.15) is 15.5 Å². The molecule has 0 spiro atoms. The van der Waals surface area contributed by atoms with Gasteiger partial charge in [-0.15, -0.1) is 0 Å². The maximum absolute atomic E-state index is 9.81. The van der Waals surface area contributed by atoms with Crippen LogP contribution in [0.3, 0.4) is 0 Å². The molecule has 2 saturated heterocycles. The van der Waals surface area contributed by atoms with Gasteiger partial charge >= 0.3 is 0 Å². The normalized spacial score (nSPS) is 16.7. The van der Waals surface area contributed by atoms with Gasteiger partial charge in [0.15, 0.2) is 0 Å². The number of anilines is 1. The highest BCUT2D eigenvalue weighted by molar-refractivity contribution is 5.87. The zero-order valence-corrected chi connectivity index (χ0v) is 22.9. The van der Waals surface area contributed by atoms with E-state index in [9.17, 15) is 5.26 Å². The van der Waals surface area contributed by atoms with Crippen LogP contribution in [-0.4, -0.2) is 73.5 Å². The van der Waals surface area contributed by atoms with Crippen LogP contribution in [0.25, 0.3) is 27.8 Å². The van der Waals surface area contributed by atoms with Crippen LogP contribution in [0.2, 0.25) is 0 Å². The Morgan fingerprint density at radius 1 is 0.878 bits per heavy atom. The van der Waals surface area contributed by atoms with Crippen LogP contribution in [-0.2, 0) is 6.54 Å². The number of piperazine rings is 1. The standard InChI is InChI=1S/C31H32N10/c32-16-25-18-37-41-20-24(26-19-36-40(21-26)28-6-9-33-10-7-28)15-29(31(25)41)23-4-5-30(35-17-23)39-13-11-38(12-14-39)22-27-3-1-2-8-34-27/h1-5,8,15,17-21,28,33H,6-7,9-14,22H2. The van der Waals surface area contributed by atoms with Gasteiger partial charge in [-0.3, -0.25) is 14.6 Å². The zero-order valence-electron chi connectivity index (χ0n) is 22.9. The van der Waals surface area contributed by atoms with Crippen LogP contribution in [0.5, 0.6) is 0 Å². The molecule has 7 rings (SSSR count). The van der Waals surface area contributed by atoms with E-state index in [1.54, 1.807) is 10.7 Å². The zero-order chi connectivity index (χ0) is 27.6. The molecule has 2 aliphatic heterocycles. The highest BCUT2D eigenvalue weighted by atomic mass is 15.3. The van der Waals surface area contributed by atoms with Gasteiger partial charge in [0.05, 0.1) is 35.2 Å². The first-order valence-electron chi connectivity index (χ1n) is 14.3. The van der Waals surface area contributed by atoms with Crippen molar-refractivity contribution >= 4 is 11.3 Å². The molecule has 0 aromatic carbocycles. The third-order valence-electron chi connectivity index (χ3n) is 8.22. The molecule has 0 bridgehead atoms. The number of nitrogens with zero attached hydrogens (tertiary/aromatic N) is 9. The summed E-state index contributed by atoms with van der Waals surface area (Å²) in [5, 5.41) is 22.4. The molecule has 206 valence electrons. The minimum atomic E-state index is 0.414. The lowest BCUT2D eigenvalue weighted by molar-refractivity contribution is 0.246. The third kappa shape index (κ3) is 5.17. The average Bonchev–Trinajstić information content (AvgIpc) is 3.70. The Kier molecular flexibility index (Phi) is 6.88. The number of rotatable bonds is 6. The van der Waals surface area contributed by atoms with E-state index in [4.69, 9.17) is 10.1 Å². The van der Waals surface area contributed by atoms with Crippen molar-refractivity contribution in [3.05, 3.63) is 84.8 Å². The van der Waals surface area contributed by atoms with Gasteiger partial charge in [-0.1, -0.05) is 6.07 Å². The van der Waals surface area contributed by atoms with E-state index in [2.05, 4.69) is 66.4 Å². The van der Waals surface area contributed by atoms with Crippen molar-refractivity contribution in [3.63, 3.8) is 0 Å². The second kappa shape index (κ2) is 11.1. The molecule has 2 fully saturated rings. The predicted molar refractivity (Wildman–Crippen MR) is 157 cm³/mol. The lowest BCUT2D eigenvalue weighted by Gasteiger charge is -2.35. The van der Waals surface area contributed by atoms with Gasteiger partial charge in [0.1, 0.15) is 11.9 Å². The molecule has 5 aromatic rings. The second-order valence-electron chi connectivity index (χ2n) is 10.8. The Morgan fingerprint density at radius 3 is 2.51 bits per heavy atom. The fourth-order valence-corrected chi connectivity index (χ4v) is 5.93. The fourth-order valence-electron chi connectivity index (χ4n) is 5.93. The first-order valence-corrected chi connectivity index (χ1v) is 14.3. The second-order valence-corrected chi connectivity index (χ2v) is 10.8. The summed E-state index contributed by atoms with van der Waals surface area (Å²) < 4.78 is 3.90.